The van der Waals surface area contributed by atoms with Crippen LogP contribution in [0.3, 0.4) is 0 Å². The molecule has 0 unspecified atom stereocenters. The third-order valence-electron chi connectivity index (χ3n) is 1.93. The smallest absolute Gasteiger partial charge is 0.356 e. The van der Waals surface area contributed by atoms with Crippen LogP contribution >= 0.6 is 12.4 Å². The van der Waals surface area contributed by atoms with Crippen molar-refractivity contribution in [3.63, 3.8) is 0 Å². The van der Waals surface area contributed by atoms with Crippen LogP contribution in [0.4, 0.5) is 5.82 Å². The largest absolute Gasteiger partial charge is 0.476 e. The Balaban J connectivity index is 0.00000196. The van der Waals surface area contributed by atoms with E-state index in [9.17, 15) is 4.79 Å². The minimum absolute atomic E-state index is 0. The van der Waals surface area contributed by atoms with Gasteiger partial charge in [-0.1, -0.05) is 0 Å². The number of carboxylic acids is 1. The second kappa shape index (κ2) is 6.19. The predicted molar refractivity (Wildman–Crippen MR) is 59.8 cm³/mol. The molecule has 0 spiro atoms. The van der Waals surface area contributed by atoms with Crippen molar-refractivity contribution in [1.29, 1.82) is 0 Å². The minimum Gasteiger partial charge on any atom is -0.476 e. The van der Waals surface area contributed by atoms with Crippen molar-refractivity contribution in [3.05, 3.63) is 18.1 Å². The zero-order valence-electron chi connectivity index (χ0n) is 8.67. The predicted octanol–water partition coefficient (Wildman–Crippen LogP) is 1.44. The molecule has 1 heterocycles. The summed E-state index contributed by atoms with van der Waals surface area (Å²) in [6.45, 7) is 5.54. The van der Waals surface area contributed by atoms with Crippen LogP contribution in [0.15, 0.2) is 12.4 Å². The number of aromatic nitrogens is 2. The molecule has 1 rings (SSSR count). The molecular formula is C9H14ClN3O2. The average Bonchev–Trinajstić information content (AvgIpc) is 2.20. The van der Waals surface area contributed by atoms with Gasteiger partial charge in [0, 0.05) is 13.1 Å². The Bertz CT molecular complexity index is 329. The highest BCUT2D eigenvalue weighted by Crippen LogP contribution is 2.08. The van der Waals surface area contributed by atoms with Crippen LogP contribution in [0.1, 0.15) is 24.3 Å². The number of aromatic carboxylic acids is 1. The van der Waals surface area contributed by atoms with Crippen molar-refractivity contribution in [2.75, 3.05) is 18.0 Å². The van der Waals surface area contributed by atoms with Crippen LogP contribution in [-0.4, -0.2) is 34.1 Å². The van der Waals surface area contributed by atoms with E-state index >= 15 is 0 Å². The fraction of sp³-hybridized carbons (Fsp3) is 0.444. The molecule has 0 fully saturated rings. The Morgan fingerprint density at radius 3 is 2.47 bits per heavy atom. The van der Waals surface area contributed by atoms with Gasteiger partial charge in [0.05, 0.1) is 12.4 Å². The first-order chi connectivity index (χ1) is 6.69. The number of nitrogens with zero attached hydrogens (tertiary/aromatic N) is 3. The van der Waals surface area contributed by atoms with Gasteiger partial charge < -0.3 is 10.0 Å². The highest BCUT2D eigenvalue weighted by molar-refractivity contribution is 5.85. The molecule has 0 aliphatic carbocycles. The lowest BCUT2D eigenvalue weighted by Gasteiger charge is -2.18. The summed E-state index contributed by atoms with van der Waals surface area (Å²) < 4.78 is 0. The normalized spacial score (nSPS) is 9.20. The zero-order valence-corrected chi connectivity index (χ0v) is 9.49. The highest BCUT2D eigenvalue weighted by Gasteiger charge is 2.09. The van der Waals surface area contributed by atoms with E-state index in [0.717, 1.165) is 13.1 Å². The van der Waals surface area contributed by atoms with Crippen molar-refractivity contribution >= 4 is 24.2 Å². The van der Waals surface area contributed by atoms with Crippen LogP contribution in [0.2, 0.25) is 0 Å². The van der Waals surface area contributed by atoms with E-state index in [0.29, 0.717) is 5.82 Å². The Hall–Kier alpha value is -1.36. The first kappa shape index (κ1) is 13.6. The highest BCUT2D eigenvalue weighted by atomic mass is 35.5. The van der Waals surface area contributed by atoms with Gasteiger partial charge >= 0.3 is 5.97 Å². The summed E-state index contributed by atoms with van der Waals surface area (Å²) in [6.07, 6.45) is 2.81. The number of anilines is 1. The number of hydrogen-bond donors (Lipinski definition) is 1. The van der Waals surface area contributed by atoms with Gasteiger partial charge in [0.2, 0.25) is 0 Å². The summed E-state index contributed by atoms with van der Waals surface area (Å²) in [4.78, 5) is 20.4. The fourth-order valence-electron chi connectivity index (χ4n) is 1.16. The Morgan fingerprint density at radius 2 is 2.00 bits per heavy atom. The van der Waals surface area contributed by atoms with E-state index in [-0.39, 0.29) is 18.1 Å². The molecule has 0 amide bonds. The van der Waals surface area contributed by atoms with Crippen molar-refractivity contribution in [2.45, 2.75) is 13.8 Å². The van der Waals surface area contributed by atoms with E-state index in [2.05, 4.69) is 9.97 Å². The lowest BCUT2D eigenvalue weighted by molar-refractivity contribution is 0.0690. The number of rotatable bonds is 4. The molecule has 6 heteroatoms. The van der Waals surface area contributed by atoms with Crippen LogP contribution in [0.5, 0.6) is 0 Å². The van der Waals surface area contributed by atoms with Crippen molar-refractivity contribution in [2.24, 2.45) is 0 Å². The molecule has 1 N–H and O–H groups in total. The van der Waals surface area contributed by atoms with E-state index < -0.39 is 5.97 Å². The van der Waals surface area contributed by atoms with E-state index in [1.165, 1.54) is 6.20 Å². The molecule has 0 aromatic carbocycles. The second-order valence-electron chi connectivity index (χ2n) is 2.74. The van der Waals surface area contributed by atoms with Gasteiger partial charge in [-0.2, -0.15) is 0 Å². The molecule has 0 aliphatic heterocycles. The van der Waals surface area contributed by atoms with Gasteiger partial charge in [-0.25, -0.2) is 9.78 Å². The van der Waals surface area contributed by atoms with Crippen LogP contribution in [0.25, 0.3) is 0 Å². The number of halogens is 1. The van der Waals surface area contributed by atoms with Crippen molar-refractivity contribution in [3.8, 4) is 0 Å². The van der Waals surface area contributed by atoms with Gasteiger partial charge in [-0.15, -0.1) is 12.4 Å². The van der Waals surface area contributed by atoms with Crippen molar-refractivity contribution in [1.82, 2.24) is 9.97 Å². The molecule has 84 valence electrons. The standard InChI is InChI=1S/C9H13N3O2.ClH/c1-3-12(4-2)8-6-10-5-7(11-8)9(13)14;/h5-6H,3-4H2,1-2H3,(H,13,14);1H. The summed E-state index contributed by atoms with van der Waals surface area (Å²) in [7, 11) is 0. The third-order valence-corrected chi connectivity index (χ3v) is 1.93. The van der Waals surface area contributed by atoms with Gasteiger partial charge in [0.25, 0.3) is 0 Å². The van der Waals surface area contributed by atoms with Gasteiger partial charge in [-0.3, -0.25) is 4.98 Å². The fourth-order valence-corrected chi connectivity index (χ4v) is 1.16. The first-order valence-electron chi connectivity index (χ1n) is 4.49. The topological polar surface area (TPSA) is 66.3 Å². The summed E-state index contributed by atoms with van der Waals surface area (Å²) in [5.41, 5.74) is -0.0191. The third kappa shape index (κ3) is 3.36. The number of carbonyl (C=O) groups is 1. The Morgan fingerprint density at radius 1 is 1.40 bits per heavy atom. The Labute approximate surface area is 94.6 Å². The second-order valence-corrected chi connectivity index (χ2v) is 2.74. The quantitative estimate of drug-likeness (QED) is 0.850. The van der Waals surface area contributed by atoms with Crippen LogP contribution < -0.4 is 4.90 Å². The number of carboxylic acid groups (broad SMARTS) is 1. The van der Waals surface area contributed by atoms with Crippen LogP contribution in [0, 0.1) is 0 Å². The van der Waals surface area contributed by atoms with Crippen LogP contribution in [-0.2, 0) is 0 Å². The molecule has 0 atom stereocenters. The van der Waals surface area contributed by atoms with E-state index in [1.807, 2.05) is 18.7 Å². The van der Waals surface area contributed by atoms with Gasteiger partial charge in [0.15, 0.2) is 5.69 Å². The minimum atomic E-state index is -1.05. The lowest BCUT2D eigenvalue weighted by atomic mass is 10.4. The summed E-state index contributed by atoms with van der Waals surface area (Å²) >= 11 is 0. The van der Waals surface area contributed by atoms with Crippen molar-refractivity contribution < 1.29 is 9.90 Å². The molecular weight excluding hydrogens is 218 g/mol. The maximum atomic E-state index is 10.6. The number of hydrogen-bond acceptors (Lipinski definition) is 4. The lowest BCUT2D eigenvalue weighted by Crippen LogP contribution is -2.23. The molecule has 1 aromatic heterocycles. The molecule has 0 saturated heterocycles. The zero-order chi connectivity index (χ0) is 10.6. The van der Waals surface area contributed by atoms with Gasteiger partial charge in [0.1, 0.15) is 5.82 Å². The molecule has 0 bridgehead atoms. The Kier molecular flexibility index (Phi) is 5.62. The maximum Gasteiger partial charge on any atom is 0.356 e. The summed E-state index contributed by atoms with van der Waals surface area (Å²) in [6, 6.07) is 0. The molecule has 1 aromatic rings. The van der Waals surface area contributed by atoms with E-state index in [1.54, 1.807) is 6.20 Å². The summed E-state index contributed by atoms with van der Waals surface area (Å²) in [5, 5.41) is 8.72. The SMILES string of the molecule is CCN(CC)c1cncc(C(=O)O)n1.Cl. The van der Waals surface area contributed by atoms with E-state index in [4.69, 9.17) is 5.11 Å². The van der Waals surface area contributed by atoms with Gasteiger partial charge in [-0.05, 0) is 13.8 Å². The molecule has 5 nitrogen and oxygen atoms in total. The molecule has 0 radical (unpaired) electrons. The average molecular weight is 232 g/mol. The monoisotopic (exact) mass is 231 g/mol. The summed E-state index contributed by atoms with van der Waals surface area (Å²) in [5.74, 6) is -0.443. The maximum absolute atomic E-state index is 10.6. The molecule has 0 aliphatic rings. The molecule has 0 saturated carbocycles. The molecule has 15 heavy (non-hydrogen) atoms. The first-order valence-corrected chi connectivity index (χ1v) is 4.49.